The Balaban J connectivity index is 1.63. The van der Waals surface area contributed by atoms with Crippen molar-refractivity contribution >= 4 is 34.3 Å². The fourth-order valence-corrected chi connectivity index (χ4v) is 3.96. The molecule has 0 radical (unpaired) electrons. The Morgan fingerprint density at radius 3 is 2.53 bits per heavy atom. The van der Waals surface area contributed by atoms with Crippen LogP contribution in [0, 0.1) is 0 Å². The summed E-state index contributed by atoms with van der Waals surface area (Å²) >= 11 is 7.57. The van der Waals surface area contributed by atoms with Gasteiger partial charge in [0.2, 0.25) is 5.13 Å². The second-order valence-electron chi connectivity index (χ2n) is 6.37. The lowest BCUT2D eigenvalue weighted by atomic mass is 10.1. The zero-order chi connectivity index (χ0) is 20.9. The van der Waals surface area contributed by atoms with E-state index in [2.05, 4.69) is 22.7 Å². The molecule has 3 aromatic carbocycles. The monoisotopic (exact) mass is 435 g/mol. The normalized spacial score (nSPS) is 11.0. The van der Waals surface area contributed by atoms with Gasteiger partial charge in [-0.3, -0.25) is 5.43 Å². The first-order chi connectivity index (χ1) is 14.6. The van der Waals surface area contributed by atoms with Crippen LogP contribution in [0.2, 0.25) is 5.02 Å². The lowest BCUT2D eigenvalue weighted by Crippen LogP contribution is -1.91. The van der Waals surface area contributed by atoms with Crippen LogP contribution in [0.15, 0.2) is 77.9 Å². The van der Waals surface area contributed by atoms with Gasteiger partial charge in [-0.2, -0.15) is 5.10 Å². The summed E-state index contributed by atoms with van der Waals surface area (Å²) in [6.45, 7) is 0. The molecule has 0 aliphatic rings. The molecule has 4 aromatic rings. The molecule has 150 valence electrons. The van der Waals surface area contributed by atoms with Crippen LogP contribution in [0.1, 0.15) is 5.56 Å². The summed E-state index contributed by atoms with van der Waals surface area (Å²) in [5.41, 5.74) is 6.72. The van der Waals surface area contributed by atoms with Gasteiger partial charge in [0.15, 0.2) is 11.5 Å². The summed E-state index contributed by atoms with van der Waals surface area (Å²) in [4.78, 5) is 5.79. The molecule has 5 nitrogen and oxygen atoms in total. The molecular formula is C23H18ClN3O2S. The zero-order valence-corrected chi connectivity index (χ0v) is 17.6. The maximum absolute atomic E-state index is 9.70. The molecule has 4 rings (SSSR count). The number of methoxy groups -OCH3 is 1. The van der Waals surface area contributed by atoms with Crippen molar-refractivity contribution < 1.29 is 9.84 Å². The van der Waals surface area contributed by atoms with Gasteiger partial charge in [-0.05, 0) is 41.5 Å². The number of ether oxygens (including phenoxy) is 1. The fourth-order valence-electron chi connectivity index (χ4n) is 2.89. The van der Waals surface area contributed by atoms with E-state index < -0.39 is 0 Å². The van der Waals surface area contributed by atoms with Gasteiger partial charge in [0.25, 0.3) is 0 Å². The summed E-state index contributed by atoms with van der Waals surface area (Å²) in [5, 5.41) is 15.3. The van der Waals surface area contributed by atoms with Crippen LogP contribution < -0.4 is 10.2 Å². The smallest absolute Gasteiger partial charge is 0.204 e. The molecule has 0 spiro atoms. The van der Waals surface area contributed by atoms with E-state index in [1.54, 1.807) is 24.4 Å². The Morgan fingerprint density at radius 1 is 1.03 bits per heavy atom. The van der Waals surface area contributed by atoms with E-state index in [4.69, 9.17) is 21.3 Å². The number of hydrazone groups is 1. The standard InChI is InChI=1S/C23H18ClN3O2S/c1-29-20-13-15(7-12-19(20)28)14-25-27-23-26-21(16-8-10-18(24)11-9-16)22(30-23)17-5-3-2-4-6-17/h2-14,28H,1H3,(H,26,27). The van der Waals surface area contributed by atoms with Crippen LogP contribution in [0.3, 0.4) is 0 Å². The summed E-state index contributed by atoms with van der Waals surface area (Å²) in [7, 11) is 1.51. The molecule has 2 N–H and O–H groups in total. The van der Waals surface area contributed by atoms with E-state index in [9.17, 15) is 5.11 Å². The Labute approximate surface area is 183 Å². The molecule has 0 aliphatic carbocycles. The summed E-state index contributed by atoms with van der Waals surface area (Å²) in [6.07, 6.45) is 1.65. The van der Waals surface area contributed by atoms with Crippen molar-refractivity contribution in [2.45, 2.75) is 0 Å². The fraction of sp³-hybridized carbons (Fsp3) is 0.0435. The molecule has 0 atom stereocenters. The number of aromatic hydroxyl groups is 1. The second-order valence-corrected chi connectivity index (χ2v) is 7.81. The van der Waals surface area contributed by atoms with Gasteiger partial charge in [0, 0.05) is 10.6 Å². The zero-order valence-electron chi connectivity index (χ0n) is 16.0. The van der Waals surface area contributed by atoms with Crippen LogP contribution in [0.4, 0.5) is 5.13 Å². The number of rotatable bonds is 6. The Bertz CT molecular complexity index is 1180. The average Bonchev–Trinajstić information content (AvgIpc) is 3.20. The number of hydrogen-bond donors (Lipinski definition) is 2. The van der Waals surface area contributed by atoms with Crippen LogP contribution in [0.25, 0.3) is 21.7 Å². The first-order valence-corrected chi connectivity index (χ1v) is 10.3. The minimum Gasteiger partial charge on any atom is -0.504 e. The number of nitrogens with one attached hydrogen (secondary N) is 1. The van der Waals surface area contributed by atoms with Gasteiger partial charge in [-0.15, -0.1) is 0 Å². The minimum absolute atomic E-state index is 0.0858. The van der Waals surface area contributed by atoms with Crippen molar-refractivity contribution in [3.05, 3.63) is 83.4 Å². The molecule has 0 fully saturated rings. The Hall–Kier alpha value is -3.35. The van der Waals surface area contributed by atoms with Crippen molar-refractivity contribution in [3.63, 3.8) is 0 Å². The number of thiazole rings is 1. The van der Waals surface area contributed by atoms with E-state index in [-0.39, 0.29) is 5.75 Å². The van der Waals surface area contributed by atoms with Crippen molar-refractivity contribution in [2.24, 2.45) is 5.10 Å². The largest absolute Gasteiger partial charge is 0.504 e. The molecule has 0 amide bonds. The number of anilines is 1. The summed E-state index contributed by atoms with van der Waals surface area (Å²) in [5.74, 6) is 0.479. The number of hydrogen-bond acceptors (Lipinski definition) is 6. The Kier molecular flexibility index (Phi) is 5.97. The molecule has 1 heterocycles. The highest BCUT2D eigenvalue weighted by atomic mass is 35.5. The molecule has 0 aliphatic heterocycles. The van der Waals surface area contributed by atoms with E-state index in [1.807, 2.05) is 42.5 Å². The molecule has 1 aromatic heterocycles. The topological polar surface area (TPSA) is 66.7 Å². The number of phenolic OH excluding ortho intramolecular Hbond substituents is 1. The Morgan fingerprint density at radius 2 is 1.80 bits per heavy atom. The number of phenols is 1. The molecule has 0 bridgehead atoms. The van der Waals surface area contributed by atoms with E-state index >= 15 is 0 Å². The summed E-state index contributed by atoms with van der Waals surface area (Å²) < 4.78 is 5.12. The molecule has 30 heavy (non-hydrogen) atoms. The predicted molar refractivity (Wildman–Crippen MR) is 124 cm³/mol. The highest BCUT2D eigenvalue weighted by molar-refractivity contribution is 7.19. The third kappa shape index (κ3) is 4.45. The quantitative estimate of drug-likeness (QED) is 0.276. The third-order valence-corrected chi connectivity index (χ3v) is 5.62. The summed E-state index contributed by atoms with van der Waals surface area (Å²) in [6, 6.07) is 22.8. The second kappa shape index (κ2) is 8.98. The van der Waals surface area contributed by atoms with Crippen molar-refractivity contribution in [1.29, 1.82) is 0 Å². The van der Waals surface area contributed by atoms with Gasteiger partial charge in [0.1, 0.15) is 0 Å². The first-order valence-electron chi connectivity index (χ1n) is 9.12. The number of benzene rings is 3. The van der Waals surface area contributed by atoms with Crippen LogP contribution in [-0.2, 0) is 0 Å². The molecule has 0 saturated heterocycles. The average molecular weight is 436 g/mol. The molecule has 7 heteroatoms. The van der Waals surface area contributed by atoms with Crippen LogP contribution in [0.5, 0.6) is 11.5 Å². The minimum atomic E-state index is 0.0858. The number of nitrogens with zero attached hydrogens (tertiary/aromatic N) is 2. The maximum Gasteiger partial charge on any atom is 0.204 e. The highest BCUT2D eigenvalue weighted by Crippen LogP contribution is 2.39. The number of halogens is 1. The third-order valence-electron chi connectivity index (χ3n) is 4.36. The van der Waals surface area contributed by atoms with Gasteiger partial charge in [-0.25, -0.2) is 4.98 Å². The predicted octanol–water partition coefficient (Wildman–Crippen LogP) is 6.29. The van der Waals surface area contributed by atoms with Crippen LogP contribution in [-0.4, -0.2) is 23.4 Å². The van der Waals surface area contributed by atoms with E-state index in [0.717, 1.165) is 27.3 Å². The maximum atomic E-state index is 9.70. The SMILES string of the molecule is COc1cc(C=NNc2nc(-c3ccc(Cl)cc3)c(-c3ccccc3)s2)ccc1O. The molecule has 0 saturated carbocycles. The lowest BCUT2D eigenvalue weighted by Gasteiger charge is -2.03. The van der Waals surface area contributed by atoms with Gasteiger partial charge in [-0.1, -0.05) is 65.4 Å². The number of aromatic nitrogens is 1. The first kappa shape index (κ1) is 19.9. The van der Waals surface area contributed by atoms with Crippen LogP contribution >= 0.6 is 22.9 Å². The highest BCUT2D eigenvalue weighted by Gasteiger charge is 2.14. The van der Waals surface area contributed by atoms with E-state index in [0.29, 0.717) is 15.9 Å². The molecule has 0 unspecified atom stereocenters. The van der Waals surface area contributed by atoms with Crippen molar-refractivity contribution in [2.75, 3.05) is 12.5 Å². The van der Waals surface area contributed by atoms with Gasteiger partial charge >= 0.3 is 0 Å². The molecular weight excluding hydrogens is 418 g/mol. The van der Waals surface area contributed by atoms with Crippen molar-refractivity contribution in [3.8, 4) is 33.2 Å². The van der Waals surface area contributed by atoms with Gasteiger partial charge in [0.05, 0.1) is 23.9 Å². The van der Waals surface area contributed by atoms with Crippen molar-refractivity contribution in [1.82, 2.24) is 4.98 Å². The van der Waals surface area contributed by atoms with Gasteiger partial charge < -0.3 is 9.84 Å². The van der Waals surface area contributed by atoms with E-state index in [1.165, 1.54) is 18.4 Å². The lowest BCUT2D eigenvalue weighted by molar-refractivity contribution is 0.373.